The van der Waals surface area contributed by atoms with Gasteiger partial charge < -0.3 is 25.1 Å². The Morgan fingerprint density at radius 3 is 2.50 bits per heavy atom. The van der Waals surface area contributed by atoms with Crippen molar-refractivity contribution in [3.63, 3.8) is 0 Å². The normalized spacial score (nSPS) is 14.2. The fourth-order valence-electron chi connectivity index (χ4n) is 2.79. The highest BCUT2D eigenvalue weighted by Crippen LogP contribution is 2.20. The Bertz CT molecular complexity index is 941. The summed E-state index contributed by atoms with van der Waals surface area (Å²) in [5.74, 6) is -4.24. The molecule has 1 heterocycles. The van der Waals surface area contributed by atoms with Gasteiger partial charge in [0.2, 0.25) is 5.91 Å². The highest BCUT2D eigenvalue weighted by atomic mass is 16.4. The Labute approximate surface area is 160 Å². The Morgan fingerprint density at radius 1 is 1.21 bits per heavy atom. The fourth-order valence-corrected chi connectivity index (χ4v) is 2.79. The number of aliphatic carboxylic acids is 2. The minimum absolute atomic E-state index is 0.270. The molecule has 10 heteroatoms. The molecule has 0 saturated carbocycles. The molecule has 0 spiro atoms. The zero-order chi connectivity index (χ0) is 20.8. The van der Waals surface area contributed by atoms with Crippen molar-refractivity contribution in [1.29, 1.82) is 0 Å². The molecule has 0 aliphatic heterocycles. The molecule has 1 aromatic carbocycles. The average molecular weight is 388 g/mol. The van der Waals surface area contributed by atoms with Crippen molar-refractivity contribution in [2.24, 2.45) is 5.92 Å². The van der Waals surface area contributed by atoms with Crippen LogP contribution in [0, 0.1) is 5.92 Å². The molecule has 0 aliphatic carbocycles. The van der Waals surface area contributed by atoms with E-state index in [-0.39, 0.29) is 11.3 Å². The maximum absolute atomic E-state index is 12.8. The summed E-state index contributed by atoms with van der Waals surface area (Å²) in [5.41, 5.74) is -0.167. The molecule has 0 bridgehead atoms. The van der Waals surface area contributed by atoms with Gasteiger partial charge in [-0.1, -0.05) is 37.6 Å². The zero-order valence-corrected chi connectivity index (χ0v) is 15.5. The molecular formula is C18H20N4O6-2. The lowest BCUT2D eigenvalue weighted by atomic mass is 9.97. The molecule has 2 aromatic rings. The summed E-state index contributed by atoms with van der Waals surface area (Å²) in [6, 6.07) is 3.85. The highest BCUT2D eigenvalue weighted by molar-refractivity contribution is 5.86. The van der Waals surface area contributed by atoms with Crippen LogP contribution in [0.25, 0.3) is 10.9 Å². The number of fused-ring (bicyclic) bond motifs is 1. The molecule has 0 fully saturated rings. The lowest BCUT2D eigenvalue weighted by Crippen LogP contribution is -2.52. The van der Waals surface area contributed by atoms with Gasteiger partial charge in [-0.05, 0) is 30.9 Å². The second-order valence-electron chi connectivity index (χ2n) is 6.48. The first kappa shape index (κ1) is 21.0. The van der Waals surface area contributed by atoms with Gasteiger partial charge in [-0.15, -0.1) is 5.10 Å². The Morgan fingerprint density at radius 2 is 1.89 bits per heavy atom. The van der Waals surface area contributed by atoms with Crippen molar-refractivity contribution < 1.29 is 24.6 Å². The van der Waals surface area contributed by atoms with E-state index in [1.54, 1.807) is 38.1 Å². The van der Waals surface area contributed by atoms with Gasteiger partial charge in [0, 0.05) is 5.97 Å². The second-order valence-corrected chi connectivity index (χ2v) is 6.48. The Kier molecular flexibility index (Phi) is 6.80. The number of carboxylic acid groups (broad SMARTS) is 2. The fraction of sp³-hybridized carbons (Fsp3) is 0.444. The Hall–Kier alpha value is -3.30. The lowest BCUT2D eigenvalue weighted by Gasteiger charge is -2.27. The van der Waals surface area contributed by atoms with E-state index in [0.29, 0.717) is 11.9 Å². The van der Waals surface area contributed by atoms with Crippen molar-refractivity contribution in [2.45, 2.75) is 45.2 Å². The van der Waals surface area contributed by atoms with Gasteiger partial charge in [0.25, 0.3) is 5.56 Å². The number of aromatic nitrogens is 3. The van der Waals surface area contributed by atoms with E-state index in [0.717, 1.165) is 4.68 Å². The van der Waals surface area contributed by atoms with Gasteiger partial charge in [0.15, 0.2) is 0 Å². The number of hydrogen-bond acceptors (Lipinski definition) is 8. The molecule has 0 unspecified atom stereocenters. The molecule has 0 aliphatic rings. The SMILES string of the molecule is CC[C@H](C)[C@@H](C(=O)N[C@@H](CCC(=O)[O-])C(=O)[O-])n1nnc2ccccc2c1=O. The summed E-state index contributed by atoms with van der Waals surface area (Å²) in [6.07, 6.45) is -0.474. The van der Waals surface area contributed by atoms with E-state index >= 15 is 0 Å². The van der Waals surface area contributed by atoms with Gasteiger partial charge in [-0.3, -0.25) is 9.59 Å². The van der Waals surface area contributed by atoms with Crippen LogP contribution in [-0.4, -0.2) is 38.9 Å². The first-order valence-corrected chi connectivity index (χ1v) is 8.81. The first-order valence-electron chi connectivity index (χ1n) is 8.81. The van der Waals surface area contributed by atoms with Crippen molar-refractivity contribution >= 4 is 28.7 Å². The number of hydrogen-bond donors (Lipinski definition) is 1. The van der Waals surface area contributed by atoms with Crippen LogP contribution >= 0.6 is 0 Å². The molecule has 0 radical (unpaired) electrons. The topological polar surface area (TPSA) is 157 Å². The number of amides is 1. The number of nitrogens with one attached hydrogen (secondary N) is 1. The lowest BCUT2D eigenvalue weighted by molar-refractivity contribution is -0.310. The second kappa shape index (κ2) is 9.07. The molecule has 28 heavy (non-hydrogen) atoms. The molecule has 10 nitrogen and oxygen atoms in total. The number of benzene rings is 1. The third kappa shape index (κ3) is 4.70. The maximum atomic E-state index is 12.8. The van der Waals surface area contributed by atoms with Crippen LogP contribution in [0.5, 0.6) is 0 Å². The van der Waals surface area contributed by atoms with E-state index in [1.165, 1.54) is 0 Å². The van der Waals surface area contributed by atoms with E-state index in [9.17, 15) is 29.4 Å². The largest absolute Gasteiger partial charge is 0.550 e. The first-order chi connectivity index (χ1) is 13.3. The number of rotatable bonds is 9. The van der Waals surface area contributed by atoms with Gasteiger partial charge >= 0.3 is 0 Å². The summed E-state index contributed by atoms with van der Waals surface area (Å²) < 4.78 is 0.928. The minimum atomic E-state index is -1.63. The van der Waals surface area contributed by atoms with Crippen LogP contribution in [0.2, 0.25) is 0 Å². The molecule has 2 rings (SSSR count). The van der Waals surface area contributed by atoms with Gasteiger partial charge in [0.1, 0.15) is 11.6 Å². The quantitative estimate of drug-likeness (QED) is 0.524. The third-order valence-corrected chi connectivity index (χ3v) is 4.54. The van der Waals surface area contributed by atoms with Crippen LogP contribution in [-0.2, 0) is 14.4 Å². The molecule has 1 N–H and O–H groups in total. The van der Waals surface area contributed by atoms with Crippen LogP contribution in [0.3, 0.4) is 0 Å². The van der Waals surface area contributed by atoms with E-state index < -0.39 is 48.3 Å². The predicted octanol–water partition coefficient (Wildman–Crippen LogP) is -1.86. The van der Waals surface area contributed by atoms with E-state index in [2.05, 4.69) is 15.6 Å². The van der Waals surface area contributed by atoms with Crippen LogP contribution in [0.4, 0.5) is 0 Å². The summed E-state index contributed by atoms with van der Waals surface area (Å²) in [7, 11) is 0. The standard InChI is InChI=1S/C18H22N4O6/c1-3-10(2)15(16(25)19-13(18(27)28)8-9-14(23)24)22-17(26)11-6-4-5-7-12(11)20-21-22/h4-7,10,13,15H,3,8-9H2,1-2H3,(H,19,25)(H,23,24)(H,27,28)/p-2/t10-,13-,15-/m0/s1. The highest BCUT2D eigenvalue weighted by Gasteiger charge is 2.30. The number of carboxylic acids is 2. The molecule has 1 amide bonds. The number of carbonyl (C=O) groups excluding carboxylic acids is 3. The van der Waals surface area contributed by atoms with Crippen molar-refractivity contribution in [1.82, 2.24) is 20.3 Å². The summed E-state index contributed by atoms with van der Waals surface area (Å²) in [4.78, 5) is 47.4. The molecule has 1 aromatic heterocycles. The molecule has 150 valence electrons. The van der Waals surface area contributed by atoms with Gasteiger partial charge in [0.05, 0.1) is 17.4 Å². The Balaban J connectivity index is 2.39. The zero-order valence-electron chi connectivity index (χ0n) is 15.5. The number of carbonyl (C=O) groups is 3. The van der Waals surface area contributed by atoms with Crippen molar-refractivity contribution in [3.8, 4) is 0 Å². The number of nitrogens with zero attached hydrogens (tertiary/aromatic N) is 3. The van der Waals surface area contributed by atoms with Gasteiger partial charge in [-0.2, -0.15) is 4.68 Å². The summed E-state index contributed by atoms with van der Waals surface area (Å²) in [5, 5.41) is 32.2. The minimum Gasteiger partial charge on any atom is -0.550 e. The van der Waals surface area contributed by atoms with Crippen LogP contribution in [0.15, 0.2) is 29.1 Å². The van der Waals surface area contributed by atoms with Crippen LogP contribution in [0.1, 0.15) is 39.2 Å². The smallest absolute Gasteiger partial charge is 0.278 e. The van der Waals surface area contributed by atoms with E-state index in [1.807, 2.05) is 0 Å². The monoisotopic (exact) mass is 388 g/mol. The average Bonchev–Trinajstić information content (AvgIpc) is 2.66. The van der Waals surface area contributed by atoms with E-state index in [4.69, 9.17) is 0 Å². The van der Waals surface area contributed by atoms with Crippen molar-refractivity contribution in [2.75, 3.05) is 0 Å². The van der Waals surface area contributed by atoms with Gasteiger partial charge in [-0.25, -0.2) is 0 Å². The molecule has 3 atom stereocenters. The predicted molar refractivity (Wildman–Crippen MR) is 93.5 cm³/mol. The van der Waals surface area contributed by atoms with Crippen LogP contribution < -0.4 is 21.1 Å². The molecular weight excluding hydrogens is 368 g/mol. The summed E-state index contributed by atoms with van der Waals surface area (Å²) in [6.45, 7) is 3.51. The molecule has 0 saturated heterocycles. The van der Waals surface area contributed by atoms with Crippen molar-refractivity contribution in [3.05, 3.63) is 34.6 Å². The summed E-state index contributed by atoms with van der Waals surface area (Å²) >= 11 is 0. The maximum Gasteiger partial charge on any atom is 0.278 e. The third-order valence-electron chi connectivity index (χ3n) is 4.54.